The first kappa shape index (κ1) is 11.6. The third kappa shape index (κ3) is 1.98. The Hall–Kier alpha value is -0.920. The first-order valence-electron chi connectivity index (χ1n) is 4.84. The molecule has 1 aliphatic heterocycles. The minimum atomic E-state index is -0.0676. The van der Waals surface area contributed by atoms with E-state index < -0.39 is 0 Å². The first-order chi connectivity index (χ1) is 7.63. The van der Waals surface area contributed by atoms with Gasteiger partial charge in [0.1, 0.15) is 0 Å². The molecule has 0 saturated heterocycles. The van der Waals surface area contributed by atoms with Gasteiger partial charge in [0, 0.05) is 9.37 Å². The summed E-state index contributed by atoms with van der Waals surface area (Å²) >= 11 is 4.98. The zero-order chi connectivity index (χ0) is 11.7. The Morgan fingerprint density at radius 2 is 2.38 bits per heavy atom. The minimum Gasteiger partial charge on any atom is -0.299 e. The molecule has 2 rings (SSSR count). The van der Waals surface area contributed by atoms with Crippen molar-refractivity contribution in [2.45, 2.75) is 17.1 Å². The van der Waals surface area contributed by atoms with Crippen molar-refractivity contribution in [3.05, 3.63) is 22.7 Å². The van der Waals surface area contributed by atoms with E-state index in [2.05, 4.69) is 21.9 Å². The fourth-order valence-electron chi connectivity index (χ4n) is 1.63. The minimum absolute atomic E-state index is 0.0676. The lowest BCUT2D eigenvalue weighted by atomic mass is 10.2. The van der Waals surface area contributed by atoms with E-state index in [9.17, 15) is 4.79 Å². The predicted octanol–water partition coefficient (Wildman–Crippen LogP) is 2.91. The van der Waals surface area contributed by atoms with Crippen LogP contribution in [-0.2, 0) is 4.79 Å². The van der Waals surface area contributed by atoms with Gasteiger partial charge in [0.2, 0.25) is 5.91 Å². The second-order valence-electron chi connectivity index (χ2n) is 3.50. The van der Waals surface area contributed by atoms with Gasteiger partial charge in [0.05, 0.1) is 17.5 Å². The van der Waals surface area contributed by atoms with Gasteiger partial charge in [-0.05, 0) is 25.1 Å². The van der Waals surface area contributed by atoms with Gasteiger partial charge in [-0.3, -0.25) is 9.69 Å². The zero-order valence-corrected chi connectivity index (χ0v) is 11.1. The predicted molar refractivity (Wildman–Crippen MR) is 70.6 cm³/mol. The lowest BCUT2D eigenvalue weighted by Crippen LogP contribution is -2.39. The van der Waals surface area contributed by atoms with Crippen molar-refractivity contribution < 1.29 is 4.79 Å². The topological polar surface area (TPSA) is 20.3 Å². The molecule has 2 nitrogen and oxygen atoms in total. The lowest BCUT2D eigenvalue weighted by molar-refractivity contribution is -0.117. The van der Waals surface area contributed by atoms with Gasteiger partial charge in [-0.1, -0.05) is 21.9 Å². The van der Waals surface area contributed by atoms with Crippen molar-refractivity contribution in [3.8, 4) is 12.3 Å². The fraction of sp³-hybridized carbons (Fsp3) is 0.250. The normalized spacial score (nSPS) is 19.2. The van der Waals surface area contributed by atoms with Gasteiger partial charge in [0.15, 0.2) is 0 Å². The molecular weight excluding hydrogens is 286 g/mol. The standard InChI is InChI=1S/C12H10BrNOS/c1-3-6-14-10-7-9(13)4-5-11(10)16-8(2)12(14)15/h1,4-5,7-8H,6H2,2H3. The average molecular weight is 296 g/mol. The van der Waals surface area contributed by atoms with Crippen LogP contribution in [0.1, 0.15) is 6.92 Å². The molecule has 0 aliphatic carbocycles. The van der Waals surface area contributed by atoms with Gasteiger partial charge >= 0.3 is 0 Å². The highest BCUT2D eigenvalue weighted by molar-refractivity contribution is 9.10. The summed E-state index contributed by atoms with van der Waals surface area (Å²) in [5.41, 5.74) is 0.903. The largest absolute Gasteiger partial charge is 0.299 e. The molecule has 0 spiro atoms. The third-order valence-electron chi connectivity index (χ3n) is 2.38. The highest BCUT2D eigenvalue weighted by atomic mass is 79.9. The lowest BCUT2D eigenvalue weighted by Gasteiger charge is -2.31. The van der Waals surface area contributed by atoms with Crippen LogP contribution < -0.4 is 4.90 Å². The molecule has 1 aliphatic rings. The maximum Gasteiger partial charge on any atom is 0.241 e. The summed E-state index contributed by atoms with van der Waals surface area (Å²) in [6, 6.07) is 5.92. The monoisotopic (exact) mass is 295 g/mol. The summed E-state index contributed by atoms with van der Waals surface area (Å²) in [4.78, 5) is 14.8. The molecule has 1 heterocycles. The molecule has 82 valence electrons. The number of terminal acetylenes is 1. The quantitative estimate of drug-likeness (QED) is 0.743. The van der Waals surface area contributed by atoms with E-state index in [1.807, 2.05) is 25.1 Å². The second kappa shape index (κ2) is 4.52. The van der Waals surface area contributed by atoms with Crippen molar-refractivity contribution in [1.82, 2.24) is 0 Å². The maximum absolute atomic E-state index is 12.0. The number of amides is 1. The molecule has 0 aromatic heterocycles. The Morgan fingerprint density at radius 1 is 1.62 bits per heavy atom. The van der Waals surface area contributed by atoms with Crippen LogP contribution in [0.5, 0.6) is 0 Å². The molecular formula is C12H10BrNOS. The van der Waals surface area contributed by atoms with Crippen LogP contribution in [0.3, 0.4) is 0 Å². The van der Waals surface area contributed by atoms with Crippen molar-refractivity contribution in [2.75, 3.05) is 11.4 Å². The summed E-state index contributed by atoms with van der Waals surface area (Å²) in [7, 11) is 0. The average Bonchev–Trinajstić information content (AvgIpc) is 2.26. The molecule has 4 heteroatoms. The fourth-order valence-corrected chi connectivity index (χ4v) is 3.03. The third-order valence-corrected chi connectivity index (χ3v) is 4.03. The number of halogens is 1. The maximum atomic E-state index is 12.0. The number of hydrogen-bond donors (Lipinski definition) is 0. The number of anilines is 1. The number of benzene rings is 1. The Morgan fingerprint density at radius 3 is 3.06 bits per heavy atom. The zero-order valence-electron chi connectivity index (χ0n) is 8.74. The van der Waals surface area contributed by atoms with Gasteiger partial charge in [-0.25, -0.2) is 0 Å². The van der Waals surface area contributed by atoms with E-state index in [1.54, 1.807) is 16.7 Å². The van der Waals surface area contributed by atoms with Crippen molar-refractivity contribution >= 4 is 39.3 Å². The van der Waals surface area contributed by atoms with E-state index >= 15 is 0 Å². The molecule has 1 aromatic rings. The summed E-state index contributed by atoms with van der Waals surface area (Å²) in [6.07, 6.45) is 5.30. The van der Waals surface area contributed by atoms with Crippen LogP contribution in [0.15, 0.2) is 27.6 Å². The van der Waals surface area contributed by atoms with E-state index in [0.717, 1.165) is 15.1 Å². The van der Waals surface area contributed by atoms with Crippen LogP contribution in [-0.4, -0.2) is 17.7 Å². The van der Waals surface area contributed by atoms with E-state index in [-0.39, 0.29) is 11.2 Å². The van der Waals surface area contributed by atoms with Crippen molar-refractivity contribution in [2.24, 2.45) is 0 Å². The molecule has 16 heavy (non-hydrogen) atoms. The van der Waals surface area contributed by atoms with Gasteiger partial charge in [0.25, 0.3) is 0 Å². The molecule has 0 fully saturated rings. The van der Waals surface area contributed by atoms with Crippen molar-refractivity contribution in [3.63, 3.8) is 0 Å². The smallest absolute Gasteiger partial charge is 0.241 e. The molecule has 0 bridgehead atoms. The van der Waals surface area contributed by atoms with Crippen molar-refractivity contribution in [1.29, 1.82) is 0 Å². The number of thioether (sulfide) groups is 1. The van der Waals surface area contributed by atoms with E-state index in [0.29, 0.717) is 6.54 Å². The van der Waals surface area contributed by atoms with Crippen LogP contribution >= 0.6 is 27.7 Å². The van der Waals surface area contributed by atoms with E-state index in [4.69, 9.17) is 6.42 Å². The Labute approximate surface area is 108 Å². The molecule has 0 N–H and O–H groups in total. The number of fused-ring (bicyclic) bond motifs is 1. The number of hydrogen-bond acceptors (Lipinski definition) is 2. The molecule has 1 amide bonds. The van der Waals surface area contributed by atoms with Crippen LogP contribution in [0.2, 0.25) is 0 Å². The van der Waals surface area contributed by atoms with Gasteiger partial charge in [-0.15, -0.1) is 18.2 Å². The number of nitrogens with zero attached hydrogens (tertiary/aromatic N) is 1. The summed E-state index contributed by atoms with van der Waals surface area (Å²) in [5.74, 6) is 2.61. The number of carbonyl (C=O) groups excluding carboxylic acids is 1. The molecule has 1 atom stereocenters. The second-order valence-corrected chi connectivity index (χ2v) is 5.80. The first-order valence-corrected chi connectivity index (χ1v) is 6.52. The Kier molecular flexibility index (Phi) is 3.27. The van der Waals surface area contributed by atoms with Gasteiger partial charge in [-0.2, -0.15) is 0 Å². The molecule has 0 radical (unpaired) electrons. The molecule has 1 unspecified atom stereocenters. The van der Waals surface area contributed by atoms with Crippen LogP contribution in [0, 0.1) is 12.3 Å². The summed E-state index contributed by atoms with van der Waals surface area (Å²) in [5, 5.41) is -0.0676. The summed E-state index contributed by atoms with van der Waals surface area (Å²) in [6.45, 7) is 2.23. The Bertz CT molecular complexity index is 480. The highest BCUT2D eigenvalue weighted by Gasteiger charge is 2.30. The SMILES string of the molecule is C#CCN1C(=O)C(C)Sc2ccc(Br)cc21. The molecule has 0 saturated carbocycles. The Balaban J connectivity index is 2.50. The van der Waals surface area contributed by atoms with Gasteiger partial charge < -0.3 is 0 Å². The highest BCUT2D eigenvalue weighted by Crippen LogP contribution is 2.40. The van der Waals surface area contributed by atoms with E-state index in [1.165, 1.54) is 0 Å². The number of rotatable bonds is 1. The summed E-state index contributed by atoms with van der Waals surface area (Å²) < 4.78 is 0.955. The number of carbonyl (C=O) groups is 1. The van der Waals surface area contributed by atoms with Crippen LogP contribution in [0.25, 0.3) is 0 Å². The van der Waals surface area contributed by atoms with Crippen LogP contribution in [0.4, 0.5) is 5.69 Å². The molecule has 1 aromatic carbocycles.